The third-order valence-corrected chi connectivity index (χ3v) is 10.2. The lowest BCUT2D eigenvalue weighted by Gasteiger charge is -2.41. The minimum absolute atomic E-state index is 0.0131. The summed E-state index contributed by atoms with van der Waals surface area (Å²) in [6.07, 6.45) is 12.4. The molecule has 6 rings (SSSR count). The number of carbonyl (C=O) groups is 1. The second kappa shape index (κ2) is 14.1. The van der Waals surface area contributed by atoms with Crippen LogP contribution in [0.3, 0.4) is 0 Å². The van der Waals surface area contributed by atoms with E-state index in [0.717, 1.165) is 55.4 Å². The molecule has 2 aromatic carbocycles. The average Bonchev–Trinajstić information content (AvgIpc) is 3.60. The highest BCUT2D eigenvalue weighted by molar-refractivity contribution is 5.76. The maximum absolute atomic E-state index is 14.1. The van der Waals surface area contributed by atoms with Crippen LogP contribution < -0.4 is 5.69 Å². The summed E-state index contributed by atoms with van der Waals surface area (Å²) in [4.78, 5) is 31.5. The molecule has 232 valence electrons. The molecule has 0 bridgehead atoms. The number of hydrogen-bond donors (Lipinski definition) is 1. The normalized spacial score (nSPS) is 24.2. The molecular weight excluding hydrogens is 540 g/mol. The van der Waals surface area contributed by atoms with Gasteiger partial charge >= 0.3 is 11.8 Å². The number of nitrogens with zero attached hydrogens (tertiary/aromatic N) is 4. The quantitative estimate of drug-likeness (QED) is 0.351. The predicted octanol–water partition coefficient (Wildman–Crippen LogP) is 5.96. The van der Waals surface area contributed by atoms with Gasteiger partial charge in [0, 0.05) is 38.3 Å². The van der Waals surface area contributed by atoms with Crippen molar-refractivity contribution < 1.29 is 14.6 Å². The zero-order valence-electron chi connectivity index (χ0n) is 25.5. The Hall–Kier alpha value is -3.10. The number of aliphatic hydroxyl groups excluding tert-OH is 1. The smallest absolute Gasteiger partial charge is 0.410 e. The van der Waals surface area contributed by atoms with Crippen LogP contribution in [0.25, 0.3) is 11.0 Å². The summed E-state index contributed by atoms with van der Waals surface area (Å²) < 4.78 is 9.52. The Labute approximate surface area is 255 Å². The zero-order valence-corrected chi connectivity index (χ0v) is 25.5. The minimum atomic E-state index is -0.314. The monoisotopic (exact) mass is 588 g/mol. The van der Waals surface area contributed by atoms with Gasteiger partial charge in [-0.3, -0.25) is 14.0 Å². The molecular formula is C35H48N4O4. The Morgan fingerprint density at radius 1 is 0.791 bits per heavy atom. The minimum Gasteiger partial charge on any atom is -0.445 e. The second-order valence-corrected chi connectivity index (χ2v) is 13.0. The molecule has 1 N–H and O–H groups in total. The summed E-state index contributed by atoms with van der Waals surface area (Å²) in [6.45, 7) is 3.43. The average molecular weight is 589 g/mol. The van der Waals surface area contributed by atoms with Crippen molar-refractivity contribution in [3.8, 4) is 0 Å². The lowest BCUT2D eigenvalue weighted by molar-refractivity contribution is 0.0516. The molecule has 2 saturated heterocycles. The van der Waals surface area contributed by atoms with Crippen LogP contribution in [-0.2, 0) is 17.9 Å². The number of hydrogen-bond acceptors (Lipinski definition) is 5. The van der Waals surface area contributed by atoms with Crippen molar-refractivity contribution in [3.63, 3.8) is 0 Å². The number of carbonyl (C=O) groups excluding carboxylic acids is 1. The van der Waals surface area contributed by atoms with E-state index in [0.29, 0.717) is 19.0 Å². The van der Waals surface area contributed by atoms with Crippen molar-refractivity contribution in [3.05, 3.63) is 70.6 Å². The van der Waals surface area contributed by atoms with E-state index >= 15 is 0 Å². The molecule has 1 aliphatic carbocycles. The number of benzene rings is 2. The molecule has 1 aromatic heterocycles. The highest BCUT2D eigenvalue weighted by atomic mass is 16.6. The fraction of sp³-hybridized carbons (Fsp3) is 0.600. The molecule has 1 amide bonds. The molecule has 3 atom stereocenters. The van der Waals surface area contributed by atoms with Crippen molar-refractivity contribution in [2.24, 2.45) is 5.92 Å². The number of likely N-dealkylation sites (tertiary alicyclic amines) is 2. The maximum atomic E-state index is 14.1. The van der Waals surface area contributed by atoms with Gasteiger partial charge in [0.25, 0.3) is 0 Å². The van der Waals surface area contributed by atoms with E-state index in [9.17, 15) is 14.7 Å². The maximum Gasteiger partial charge on any atom is 0.410 e. The molecule has 1 saturated carbocycles. The Kier molecular flexibility index (Phi) is 9.84. The van der Waals surface area contributed by atoms with Crippen LogP contribution in [0.2, 0.25) is 0 Å². The molecule has 43 heavy (non-hydrogen) atoms. The number of imidazole rings is 1. The highest BCUT2D eigenvalue weighted by Crippen LogP contribution is 2.32. The number of fused-ring (bicyclic) bond motifs is 1. The third kappa shape index (κ3) is 6.86. The molecule has 3 fully saturated rings. The number of piperidine rings is 1. The molecule has 0 spiro atoms. The van der Waals surface area contributed by atoms with Gasteiger partial charge in [0.1, 0.15) is 6.61 Å². The van der Waals surface area contributed by atoms with Crippen molar-refractivity contribution >= 4 is 17.1 Å². The Morgan fingerprint density at radius 2 is 1.51 bits per heavy atom. The van der Waals surface area contributed by atoms with Gasteiger partial charge in [-0.05, 0) is 62.1 Å². The topological polar surface area (TPSA) is 79.9 Å². The van der Waals surface area contributed by atoms with Gasteiger partial charge in [0.2, 0.25) is 0 Å². The highest BCUT2D eigenvalue weighted by Gasteiger charge is 2.35. The van der Waals surface area contributed by atoms with E-state index in [4.69, 9.17) is 4.74 Å². The molecule has 8 nitrogen and oxygen atoms in total. The van der Waals surface area contributed by atoms with Crippen molar-refractivity contribution in [1.29, 1.82) is 0 Å². The standard InChI is InChI=1S/C35H48N4O4/c40-25-31-22-29(19-21-36(31)23-27-12-5-2-1-3-6-13-27)39-33-18-10-9-17-32(33)38(34(39)41)24-30-16-11-20-37(30)35(42)43-26-28-14-7-4-8-15-28/h4,7-10,14-15,17-18,27,29-31,40H,1-3,5-6,11-13,16,19-26H2/t29-,30+,31-/m1/s1. The number of aromatic nitrogens is 2. The SMILES string of the molecule is O=C(OCc1ccccc1)N1CCC[C@H]1Cn1c(=O)n([C@@H]2CCN(CC3CCCCCCC3)[C@@H](CO)C2)c2ccccc21. The summed E-state index contributed by atoms with van der Waals surface area (Å²) in [6, 6.07) is 17.8. The Balaban J connectivity index is 1.17. The number of para-hydroxylation sites is 2. The van der Waals surface area contributed by atoms with Crippen LogP contribution in [0, 0.1) is 5.92 Å². The van der Waals surface area contributed by atoms with E-state index in [1.807, 2.05) is 63.7 Å². The van der Waals surface area contributed by atoms with Crippen LogP contribution in [0.1, 0.15) is 82.2 Å². The van der Waals surface area contributed by atoms with Crippen molar-refractivity contribution in [2.45, 2.75) is 102 Å². The lowest BCUT2D eigenvalue weighted by atomic mass is 9.89. The van der Waals surface area contributed by atoms with Crippen LogP contribution >= 0.6 is 0 Å². The summed E-state index contributed by atoms with van der Waals surface area (Å²) in [5, 5.41) is 10.4. The summed E-state index contributed by atoms with van der Waals surface area (Å²) in [5.74, 6) is 0.712. The number of aliphatic hydroxyl groups is 1. The van der Waals surface area contributed by atoms with Crippen molar-refractivity contribution in [1.82, 2.24) is 18.9 Å². The van der Waals surface area contributed by atoms with Crippen LogP contribution in [0.5, 0.6) is 0 Å². The van der Waals surface area contributed by atoms with E-state index in [1.165, 1.54) is 44.9 Å². The Morgan fingerprint density at radius 3 is 2.28 bits per heavy atom. The summed E-state index contributed by atoms with van der Waals surface area (Å²) in [5.41, 5.74) is 2.80. The number of amides is 1. The molecule has 3 aromatic rings. The van der Waals surface area contributed by atoms with Gasteiger partial charge in [-0.25, -0.2) is 9.59 Å². The van der Waals surface area contributed by atoms with E-state index in [2.05, 4.69) is 4.90 Å². The molecule has 0 unspecified atom stereocenters. The predicted molar refractivity (Wildman–Crippen MR) is 169 cm³/mol. The lowest BCUT2D eigenvalue weighted by Crippen LogP contribution is -2.48. The first-order valence-electron chi connectivity index (χ1n) is 16.6. The van der Waals surface area contributed by atoms with Gasteiger partial charge in [-0.1, -0.05) is 74.6 Å². The Bertz CT molecular complexity index is 1390. The first kappa shape index (κ1) is 29.9. The van der Waals surface area contributed by atoms with E-state index < -0.39 is 0 Å². The fourth-order valence-corrected chi connectivity index (χ4v) is 7.84. The van der Waals surface area contributed by atoms with Crippen LogP contribution in [-0.4, -0.2) is 68.5 Å². The van der Waals surface area contributed by atoms with Gasteiger partial charge in [-0.2, -0.15) is 0 Å². The van der Waals surface area contributed by atoms with Crippen molar-refractivity contribution in [2.75, 3.05) is 26.2 Å². The second-order valence-electron chi connectivity index (χ2n) is 13.0. The molecule has 3 aliphatic rings. The van der Waals surface area contributed by atoms with E-state index in [-0.39, 0.29) is 43.1 Å². The molecule has 3 heterocycles. The molecule has 8 heteroatoms. The van der Waals surface area contributed by atoms with Crippen LogP contribution in [0.4, 0.5) is 4.79 Å². The summed E-state index contributed by atoms with van der Waals surface area (Å²) >= 11 is 0. The molecule has 2 aliphatic heterocycles. The van der Waals surface area contributed by atoms with Gasteiger partial charge in [0.15, 0.2) is 0 Å². The largest absolute Gasteiger partial charge is 0.445 e. The van der Waals surface area contributed by atoms with Gasteiger partial charge in [-0.15, -0.1) is 0 Å². The first-order valence-corrected chi connectivity index (χ1v) is 16.6. The fourth-order valence-electron chi connectivity index (χ4n) is 7.84. The van der Waals surface area contributed by atoms with Gasteiger partial charge < -0.3 is 14.7 Å². The number of rotatable bonds is 8. The van der Waals surface area contributed by atoms with Gasteiger partial charge in [0.05, 0.1) is 23.7 Å². The summed E-state index contributed by atoms with van der Waals surface area (Å²) in [7, 11) is 0. The van der Waals surface area contributed by atoms with E-state index in [1.54, 1.807) is 4.90 Å². The third-order valence-electron chi connectivity index (χ3n) is 10.2. The first-order chi connectivity index (χ1) is 21.1. The molecule has 0 radical (unpaired) electrons. The number of ether oxygens (including phenoxy) is 1. The zero-order chi connectivity index (χ0) is 29.6. The van der Waals surface area contributed by atoms with Crippen LogP contribution in [0.15, 0.2) is 59.4 Å².